The minimum atomic E-state index is -1.08. The number of aryl methyl sites for hydroxylation is 1. The van der Waals surface area contributed by atoms with Gasteiger partial charge in [-0.3, -0.25) is 9.59 Å². The molecule has 8 heteroatoms. The number of halogens is 2. The molecule has 1 aliphatic rings. The van der Waals surface area contributed by atoms with Crippen LogP contribution in [0.2, 0.25) is 5.02 Å². The topological polar surface area (TPSA) is 87.6 Å². The first-order valence-corrected chi connectivity index (χ1v) is 11.1. The molecule has 4 aromatic rings. The minimum Gasteiger partial charge on any atom is -0.478 e. The van der Waals surface area contributed by atoms with Crippen molar-refractivity contribution < 1.29 is 19.5 Å². The quantitative estimate of drug-likeness (QED) is 0.328. The van der Waals surface area contributed by atoms with Crippen molar-refractivity contribution in [2.24, 2.45) is 0 Å². The molecule has 0 unspecified atom stereocenters. The number of carboxylic acid groups (broad SMARTS) is 1. The number of rotatable bonds is 3. The van der Waals surface area contributed by atoms with Gasteiger partial charge in [0.2, 0.25) is 0 Å². The van der Waals surface area contributed by atoms with E-state index in [2.05, 4.69) is 20.9 Å². The summed E-state index contributed by atoms with van der Waals surface area (Å²) in [7, 11) is 0. The third-order valence-corrected chi connectivity index (χ3v) is 7.01. The molecule has 0 atom stereocenters. The second kappa shape index (κ2) is 7.79. The number of pyridine rings is 1. The van der Waals surface area contributed by atoms with Crippen molar-refractivity contribution in [1.82, 2.24) is 4.98 Å². The molecule has 2 amide bonds. The van der Waals surface area contributed by atoms with Crippen LogP contribution in [-0.2, 0) is 0 Å². The Bertz CT molecular complexity index is 1480. The van der Waals surface area contributed by atoms with Crippen molar-refractivity contribution in [2.75, 3.05) is 4.90 Å². The highest BCUT2D eigenvalue weighted by Crippen LogP contribution is 2.36. The fourth-order valence-electron chi connectivity index (χ4n) is 3.99. The maximum atomic E-state index is 12.7. The smallest absolute Gasteiger partial charge is 0.336 e. The first-order valence-electron chi connectivity index (χ1n) is 9.89. The summed E-state index contributed by atoms with van der Waals surface area (Å²) in [5.41, 5.74) is 3.48. The molecule has 162 valence electrons. The van der Waals surface area contributed by atoms with Crippen LogP contribution in [-0.4, -0.2) is 27.9 Å². The summed E-state index contributed by atoms with van der Waals surface area (Å²) < 4.78 is 0.594. The second-order valence-corrected chi connectivity index (χ2v) is 8.82. The van der Waals surface area contributed by atoms with E-state index in [9.17, 15) is 19.5 Å². The Balaban J connectivity index is 1.59. The van der Waals surface area contributed by atoms with Gasteiger partial charge in [0, 0.05) is 15.4 Å². The van der Waals surface area contributed by atoms with Gasteiger partial charge in [0.1, 0.15) is 0 Å². The normalized spacial score (nSPS) is 13.0. The number of carbonyl (C=O) groups is 3. The summed E-state index contributed by atoms with van der Waals surface area (Å²) >= 11 is 9.70. The number of benzene rings is 3. The highest BCUT2D eigenvalue weighted by molar-refractivity contribution is 9.10. The maximum Gasteiger partial charge on any atom is 0.336 e. The van der Waals surface area contributed by atoms with Crippen molar-refractivity contribution in [3.8, 4) is 11.3 Å². The standard InChI is InChI=1S/C25H14BrClN2O4/c1-12-21(27)19(26)10-17-18(25(32)33)11-20(28-22(12)17)13-6-8-14(9-7-13)29-23(30)15-4-2-3-5-16(15)24(29)31/h2-11H,1H3,(H,32,33). The lowest BCUT2D eigenvalue weighted by molar-refractivity contribution is 0.0698. The van der Waals surface area contributed by atoms with E-state index in [-0.39, 0.29) is 17.4 Å². The zero-order valence-electron chi connectivity index (χ0n) is 17.1. The fourth-order valence-corrected chi connectivity index (χ4v) is 4.66. The molecule has 1 aliphatic heterocycles. The molecule has 0 saturated heterocycles. The first-order chi connectivity index (χ1) is 15.8. The van der Waals surface area contributed by atoms with Crippen LogP contribution in [0.4, 0.5) is 5.69 Å². The number of nitrogens with zero attached hydrogens (tertiary/aromatic N) is 2. The molecule has 1 aromatic heterocycles. The summed E-state index contributed by atoms with van der Waals surface area (Å²) in [4.78, 5) is 43.2. The Morgan fingerprint density at radius 3 is 2.18 bits per heavy atom. The lowest BCUT2D eigenvalue weighted by Gasteiger charge is -2.15. The van der Waals surface area contributed by atoms with Crippen LogP contribution in [0.5, 0.6) is 0 Å². The number of amides is 2. The number of carboxylic acids is 1. The van der Waals surface area contributed by atoms with Crippen LogP contribution in [0.25, 0.3) is 22.2 Å². The maximum absolute atomic E-state index is 12.7. The molecule has 0 spiro atoms. The highest BCUT2D eigenvalue weighted by Gasteiger charge is 2.36. The average molecular weight is 522 g/mol. The van der Waals surface area contributed by atoms with Gasteiger partial charge in [0.15, 0.2) is 0 Å². The van der Waals surface area contributed by atoms with Gasteiger partial charge in [-0.15, -0.1) is 0 Å². The number of hydrogen-bond acceptors (Lipinski definition) is 4. The molecule has 0 fully saturated rings. The molecular formula is C25H14BrClN2O4. The number of fused-ring (bicyclic) bond motifs is 2. The fraction of sp³-hybridized carbons (Fsp3) is 0.0400. The molecule has 0 aliphatic carbocycles. The van der Waals surface area contributed by atoms with E-state index in [1.165, 1.54) is 6.07 Å². The van der Waals surface area contributed by atoms with Gasteiger partial charge in [0.05, 0.1) is 38.6 Å². The Kier molecular flexibility index (Phi) is 5.03. The van der Waals surface area contributed by atoms with Crippen LogP contribution in [0.1, 0.15) is 36.6 Å². The van der Waals surface area contributed by atoms with Crippen LogP contribution in [0, 0.1) is 6.92 Å². The van der Waals surface area contributed by atoms with E-state index in [4.69, 9.17) is 11.6 Å². The van der Waals surface area contributed by atoms with Crippen molar-refractivity contribution in [1.29, 1.82) is 0 Å². The van der Waals surface area contributed by atoms with Crippen molar-refractivity contribution in [3.05, 3.63) is 92.4 Å². The molecule has 0 saturated carbocycles. The SMILES string of the molecule is Cc1c(Cl)c(Br)cc2c(C(=O)O)cc(-c3ccc(N4C(=O)c5ccccc5C4=O)cc3)nc12. The zero-order chi connectivity index (χ0) is 23.4. The molecule has 1 N–H and O–H groups in total. The van der Waals surface area contributed by atoms with Crippen molar-refractivity contribution in [3.63, 3.8) is 0 Å². The molecular weight excluding hydrogens is 508 g/mol. The highest BCUT2D eigenvalue weighted by atomic mass is 79.9. The number of aromatic carboxylic acids is 1. The van der Waals surface area contributed by atoms with E-state index >= 15 is 0 Å². The minimum absolute atomic E-state index is 0.0971. The average Bonchev–Trinajstić information content (AvgIpc) is 3.07. The van der Waals surface area contributed by atoms with E-state index in [1.54, 1.807) is 61.5 Å². The summed E-state index contributed by atoms with van der Waals surface area (Å²) in [6.45, 7) is 1.78. The largest absolute Gasteiger partial charge is 0.478 e. The number of hydrogen-bond donors (Lipinski definition) is 1. The summed E-state index contributed by atoms with van der Waals surface area (Å²) in [5, 5.41) is 10.7. The Labute approximate surface area is 201 Å². The molecule has 33 heavy (non-hydrogen) atoms. The van der Waals surface area contributed by atoms with E-state index < -0.39 is 5.97 Å². The predicted molar refractivity (Wildman–Crippen MR) is 129 cm³/mol. The van der Waals surface area contributed by atoms with E-state index in [0.717, 1.165) is 4.90 Å². The molecule has 0 bridgehead atoms. The molecule has 0 radical (unpaired) electrons. The van der Waals surface area contributed by atoms with E-state index in [1.807, 2.05) is 0 Å². The van der Waals surface area contributed by atoms with Gasteiger partial charge in [-0.2, -0.15) is 0 Å². The number of aromatic nitrogens is 1. The third kappa shape index (κ3) is 3.32. The monoisotopic (exact) mass is 520 g/mol. The van der Waals surface area contributed by atoms with Crippen molar-refractivity contribution >= 4 is 61.9 Å². The molecule has 5 rings (SSSR count). The second-order valence-electron chi connectivity index (χ2n) is 7.59. The van der Waals surface area contributed by atoms with Gasteiger partial charge in [0.25, 0.3) is 11.8 Å². The summed E-state index contributed by atoms with van der Waals surface area (Å²) in [6.07, 6.45) is 0. The Hall–Kier alpha value is -3.55. The van der Waals surface area contributed by atoms with Crippen LogP contribution < -0.4 is 4.90 Å². The zero-order valence-corrected chi connectivity index (χ0v) is 19.4. The van der Waals surface area contributed by atoms with Gasteiger partial charge in [-0.25, -0.2) is 14.7 Å². The van der Waals surface area contributed by atoms with Gasteiger partial charge in [-0.05, 0) is 64.8 Å². The van der Waals surface area contributed by atoms with E-state index in [0.29, 0.717) is 54.0 Å². The lowest BCUT2D eigenvalue weighted by atomic mass is 10.0. The van der Waals surface area contributed by atoms with Crippen LogP contribution in [0.15, 0.2) is 65.1 Å². The summed E-state index contributed by atoms with van der Waals surface area (Å²) in [5.74, 6) is -1.84. The number of imide groups is 1. The predicted octanol–water partition coefficient (Wildman–Crippen LogP) is 6.12. The Morgan fingerprint density at radius 2 is 1.61 bits per heavy atom. The number of anilines is 1. The number of carbonyl (C=O) groups excluding carboxylic acids is 2. The summed E-state index contributed by atoms with van der Waals surface area (Å²) in [6, 6.07) is 16.5. The molecule has 6 nitrogen and oxygen atoms in total. The van der Waals surface area contributed by atoms with Crippen LogP contribution >= 0.6 is 27.5 Å². The van der Waals surface area contributed by atoms with Gasteiger partial charge >= 0.3 is 5.97 Å². The lowest BCUT2D eigenvalue weighted by Crippen LogP contribution is -2.29. The van der Waals surface area contributed by atoms with Gasteiger partial charge < -0.3 is 5.11 Å². The Morgan fingerprint density at radius 1 is 1.00 bits per heavy atom. The van der Waals surface area contributed by atoms with Crippen LogP contribution in [0.3, 0.4) is 0 Å². The van der Waals surface area contributed by atoms with Gasteiger partial charge in [-0.1, -0.05) is 35.9 Å². The molecule has 2 heterocycles. The first kappa shape index (κ1) is 21.3. The van der Waals surface area contributed by atoms with Crippen molar-refractivity contribution in [2.45, 2.75) is 6.92 Å². The third-order valence-electron chi connectivity index (χ3n) is 5.67. The molecule has 3 aromatic carbocycles.